The first-order valence-corrected chi connectivity index (χ1v) is 9.56. The monoisotopic (exact) mass is 340 g/mol. The van der Waals surface area contributed by atoms with Crippen LogP contribution in [0.5, 0.6) is 0 Å². The first-order valence-electron chi connectivity index (χ1n) is 9.56. The number of nitrogens with zero attached hydrogens (tertiary/aromatic N) is 1. The Balaban J connectivity index is 1.52. The zero-order valence-electron chi connectivity index (χ0n) is 16.0. The number of carbonyl (C=O) groups is 1. The number of cyclic esters (lactones) is 1. The van der Waals surface area contributed by atoms with E-state index in [0.29, 0.717) is 23.8 Å². The molecule has 1 N–H and O–H groups in total. The Labute approximate surface area is 147 Å². The molecule has 0 spiro atoms. The number of likely N-dealkylation sites (tertiary alicyclic amines) is 1. The van der Waals surface area contributed by atoms with E-state index in [1.165, 1.54) is 38.9 Å². The highest BCUT2D eigenvalue weighted by Crippen LogP contribution is 2.23. The van der Waals surface area contributed by atoms with Crippen LogP contribution in [0.3, 0.4) is 0 Å². The summed E-state index contributed by atoms with van der Waals surface area (Å²) in [5.41, 5.74) is 0.430. The van der Waals surface area contributed by atoms with Gasteiger partial charge in [-0.05, 0) is 62.6 Å². The summed E-state index contributed by atoms with van der Waals surface area (Å²) in [6.45, 7) is 15.0. The largest absolute Gasteiger partial charge is 0.444 e. The lowest BCUT2D eigenvalue weighted by Crippen LogP contribution is -2.37. The van der Waals surface area contributed by atoms with E-state index in [2.05, 4.69) is 37.9 Å². The maximum absolute atomic E-state index is 11.0. The van der Waals surface area contributed by atoms with Crippen molar-refractivity contribution in [1.82, 2.24) is 10.2 Å². The molecule has 5 heteroatoms. The standard InChI is InChI=1S/C19H36N2O3/c1-15(11-17-12-20-18(22)24-17)13-23-14-16-5-8-21(9-6-16)10-7-19(2,3)4/h15-17H,5-14H2,1-4H3,(H,20,22). The molecule has 2 fully saturated rings. The van der Waals surface area contributed by atoms with Gasteiger partial charge in [0.1, 0.15) is 6.10 Å². The van der Waals surface area contributed by atoms with Crippen LogP contribution in [0.1, 0.15) is 53.4 Å². The number of ether oxygens (including phenoxy) is 2. The third kappa shape index (κ3) is 7.39. The lowest BCUT2D eigenvalue weighted by atomic mass is 9.91. The summed E-state index contributed by atoms with van der Waals surface area (Å²) in [6.07, 6.45) is 4.38. The first-order chi connectivity index (χ1) is 11.3. The predicted molar refractivity (Wildman–Crippen MR) is 96.1 cm³/mol. The van der Waals surface area contributed by atoms with Gasteiger partial charge in [-0.2, -0.15) is 0 Å². The van der Waals surface area contributed by atoms with Crippen molar-refractivity contribution in [3.05, 3.63) is 0 Å². The van der Waals surface area contributed by atoms with Crippen LogP contribution in [-0.2, 0) is 9.47 Å². The van der Waals surface area contributed by atoms with E-state index in [0.717, 1.165) is 19.6 Å². The van der Waals surface area contributed by atoms with Gasteiger partial charge in [0.15, 0.2) is 0 Å². The maximum atomic E-state index is 11.0. The van der Waals surface area contributed by atoms with Gasteiger partial charge in [0, 0.05) is 13.2 Å². The molecular weight excluding hydrogens is 304 g/mol. The summed E-state index contributed by atoms with van der Waals surface area (Å²) in [4.78, 5) is 13.6. The van der Waals surface area contributed by atoms with Crippen molar-refractivity contribution < 1.29 is 14.3 Å². The number of hydrogen-bond donors (Lipinski definition) is 1. The molecule has 2 atom stereocenters. The molecule has 0 aromatic heterocycles. The van der Waals surface area contributed by atoms with Crippen LogP contribution in [0.2, 0.25) is 0 Å². The van der Waals surface area contributed by atoms with Crippen LogP contribution in [-0.4, -0.2) is 56.5 Å². The first kappa shape index (κ1) is 19.5. The quantitative estimate of drug-likeness (QED) is 0.737. The zero-order chi connectivity index (χ0) is 17.6. The molecule has 2 heterocycles. The minimum Gasteiger partial charge on any atom is -0.444 e. The fourth-order valence-electron chi connectivity index (χ4n) is 3.39. The second-order valence-corrected chi connectivity index (χ2v) is 8.88. The van der Waals surface area contributed by atoms with Gasteiger partial charge < -0.3 is 19.7 Å². The van der Waals surface area contributed by atoms with Crippen molar-refractivity contribution in [2.75, 3.05) is 39.4 Å². The van der Waals surface area contributed by atoms with Crippen molar-refractivity contribution in [2.45, 2.75) is 59.5 Å². The van der Waals surface area contributed by atoms with Crippen molar-refractivity contribution in [2.24, 2.45) is 17.3 Å². The van der Waals surface area contributed by atoms with Gasteiger partial charge in [-0.3, -0.25) is 0 Å². The Hall–Kier alpha value is -0.810. The number of alkyl carbamates (subject to hydrolysis) is 1. The van der Waals surface area contributed by atoms with Gasteiger partial charge in [-0.15, -0.1) is 0 Å². The molecule has 0 bridgehead atoms. The fraction of sp³-hybridized carbons (Fsp3) is 0.947. The van der Waals surface area contributed by atoms with E-state index in [1.54, 1.807) is 0 Å². The second-order valence-electron chi connectivity index (χ2n) is 8.88. The fourth-order valence-corrected chi connectivity index (χ4v) is 3.39. The average molecular weight is 341 g/mol. The molecule has 5 nitrogen and oxygen atoms in total. The summed E-state index contributed by atoms with van der Waals surface area (Å²) in [5, 5.41) is 2.70. The van der Waals surface area contributed by atoms with Crippen LogP contribution in [0.4, 0.5) is 4.79 Å². The van der Waals surface area contributed by atoms with Crippen LogP contribution in [0.25, 0.3) is 0 Å². The Kier molecular flexibility index (Phi) is 7.35. The van der Waals surface area contributed by atoms with Gasteiger partial charge in [0.05, 0.1) is 6.54 Å². The minimum atomic E-state index is -0.286. The summed E-state index contributed by atoms with van der Waals surface area (Å²) in [6, 6.07) is 0. The van der Waals surface area contributed by atoms with Crippen molar-refractivity contribution in [3.63, 3.8) is 0 Å². The minimum absolute atomic E-state index is 0.0159. The van der Waals surface area contributed by atoms with Gasteiger partial charge in [0.25, 0.3) is 0 Å². The highest BCUT2D eigenvalue weighted by molar-refractivity contribution is 5.69. The highest BCUT2D eigenvalue weighted by Gasteiger charge is 2.25. The molecule has 24 heavy (non-hydrogen) atoms. The van der Waals surface area contributed by atoms with E-state index < -0.39 is 0 Å². The molecule has 1 amide bonds. The lowest BCUT2D eigenvalue weighted by molar-refractivity contribution is 0.0382. The van der Waals surface area contributed by atoms with Gasteiger partial charge in [-0.1, -0.05) is 27.7 Å². The van der Waals surface area contributed by atoms with Crippen LogP contribution in [0, 0.1) is 17.3 Å². The number of rotatable bonds is 8. The van der Waals surface area contributed by atoms with Crippen LogP contribution >= 0.6 is 0 Å². The molecule has 140 valence electrons. The molecule has 2 aliphatic rings. The van der Waals surface area contributed by atoms with Crippen molar-refractivity contribution in [1.29, 1.82) is 0 Å². The predicted octanol–water partition coefficient (Wildman–Crippen LogP) is 3.29. The van der Waals surface area contributed by atoms with E-state index in [-0.39, 0.29) is 12.2 Å². The Morgan fingerprint density at radius 3 is 2.62 bits per heavy atom. The molecule has 0 aliphatic carbocycles. The smallest absolute Gasteiger partial charge is 0.407 e. The van der Waals surface area contributed by atoms with Gasteiger partial charge in [-0.25, -0.2) is 4.79 Å². The van der Waals surface area contributed by atoms with Gasteiger partial charge in [0.2, 0.25) is 0 Å². The number of carbonyl (C=O) groups excluding carboxylic acids is 1. The van der Waals surface area contributed by atoms with E-state index in [1.807, 2.05) is 0 Å². The average Bonchev–Trinajstić information content (AvgIpc) is 2.90. The molecule has 2 saturated heterocycles. The number of amides is 1. The summed E-state index contributed by atoms with van der Waals surface area (Å²) < 4.78 is 11.1. The normalized spacial score (nSPS) is 24.7. The third-order valence-corrected chi connectivity index (χ3v) is 5.05. The SMILES string of the molecule is CC(COCC1CCN(CCC(C)(C)C)CC1)CC1CNC(=O)O1. The second kappa shape index (κ2) is 9.04. The highest BCUT2D eigenvalue weighted by atomic mass is 16.6. The van der Waals surface area contributed by atoms with Gasteiger partial charge >= 0.3 is 6.09 Å². The molecule has 2 unspecified atom stereocenters. The summed E-state index contributed by atoms with van der Waals surface area (Å²) >= 11 is 0. The molecule has 0 radical (unpaired) electrons. The topological polar surface area (TPSA) is 50.8 Å². The van der Waals surface area contributed by atoms with E-state index in [9.17, 15) is 4.79 Å². The van der Waals surface area contributed by atoms with Crippen molar-refractivity contribution >= 4 is 6.09 Å². The number of hydrogen-bond acceptors (Lipinski definition) is 4. The summed E-state index contributed by atoms with van der Waals surface area (Å²) in [7, 11) is 0. The van der Waals surface area contributed by atoms with E-state index in [4.69, 9.17) is 9.47 Å². The molecule has 0 saturated carbocycles. The van der Waals surface area contributed by atoms with Crippen LogP contribution in [0.15, 0.2) is 0 Å². The Morgan fingerprint density at radius 2 is 2.04 bits per heavy atom. The molecule has 2 aliphatic heterocycles. The zero-order valence-corrected chi connectivity index (χ0v) is 16.0. The maximum Gasteiger partial charge on any atom is 0.407 e. The van der Waals surface area contributed by atoms with E-state index >= 15 is 0 Å². The van der Waals surface area contributed by atoms with Crippen molar-refractivity contribution in [3.8, 4) is 0 Å². The molecule has 0 aromatic carbocycles. The number of nitrogens with one attached hydrogen (secondary N) is 1. The number of piperidine rings is 1. The molecule has 2 rings (SSSR count). The lowest BCUT2D eigenvalue weighted by Gasteiger charge is -2.33. The summed E-state index contributed by atoms with van der Waals surface area (Å²) in [5.74, 6) is 1.13. The Morgan fingerprint density at radius 1 is 1.33 bits per heavy atom. The Bertz CT molecular complexity index is 387. The molecule has 0 aromatic rings. The van der Waals surface area contributed by atoms with Crippen LogP contribution < -0.4 is 5.32 Å². The third-order valence-electron chi connectivity index (χ3n) is 5.05. The molecular formula is C19H36N2O3.